The fraction of sp³-hybridized carbons (Fsp3) is 0.158. The Labute approximate surface area is 153 Å². The summed E-state index contributed by atoms with van der Waals surface area (Å²) in [4.78, 5) is 27.6. The highest BCUT2D eigenvalue weighted by molar-refractivity contribution is 6.31. The predicted molar refractivity (Wildman–Crippen MR) is 95.5 cm³/mol. The molecule has 1 aliphatic heterocycles. The maximum absolute atomic E-state index is 13.0. The molecule has 4 rings (SSSR count). The molecule has 2 aromatic carbocycles. The fourth-order valence-electron chi connectivity index (χ4n) is 2.88. The van der Waals surface area contributed by atoms with Crippen molar-refractivity contribution in [2.75, 3.05) is 13.2 Å². The van der Waals surface area contributed by atoms with Crippen molar-refractivity contribution in [2.45, 2.75) is 6.92 Å². The minimum Gasteiger partial charge on any atom is -0.486 e. The highest BCUT2D eigenvalue weighted by Crippen LogP contribution is 2.35. The molecule has 0 fully saturated rings. The monoisotopic (exact) mass is 371 g/mol. The Morgan fingerprint density at radius 1 is 1.08 bits per heavy atom. The zero-order chi connectivity index (χ0) is 18.3. The zero-order valence-corrected chi connectivity index (χ0v) is 14.6. The number of esters is 1. The molecule has 0 unspecified atom stereocenters. The van der Waals surface area contributed by atoms with Crippen molar-refractivity contribution in [3.05, 3.63) is 52.7 Å². The molecular weight excluding hydrogens is 358 g/mol. The maximum Gasteiger partial charge on any atom is 0.308 e. The van der Waals surface area contributed by atoms with Crippen LogP contribution in [0.2, 0.25) is 5.02 Å². The molecule has 1 aliphatic rings. The average molecular weight is 372 g/mol. The molecule has 1 N–H and O–H groups in total. The van der Waals surface area contributed by atoms with Crippen LogP contribution < -0.4 is 14.2 Å². The lowest BCUT2D eigenvalue weighted by Crippen LogP contribution is -2.16. The van der Waals surface area contributed by atoms with Crippen molar-refractivity contribution in [1.29, 1.82) is 0 Å². The van der Waals surface area contributed by atoms with Gasteiger partial charge in [0.15, 0.2) is 17.2 Å². The normalized spacial score (nSPS) is 12.8. The molecule has 7 heteroatoms. The summed E-state index contributed by atoms with van der Waals surface area (Å²) < 4.78 is 16.3. The first-order valence-electron chi connectivity index (χ1n) is 7.97. The molecule has 0 spiro atoms. The zero-order valence-electron chi connectivity index (χ0n) is 13.8. The number of ether oxygens (including phenoxy) is 3. The molecule has 2 heterocycles. The summed E-state index contributed by atoms with van der Waals surface area (Å²) in [6.45, 7) is 2.18. The van der Waals surface area contributed by atoms with Gasteiger partial charge in [0.05, 0.1) is 5.52 Å². The highest BCUT2D eigenvalue weighted by atomic mass is 35.5. The van der Waals surface area contributed by atoms with Gasteiger partial charge in [0.2, 0.25) is 5.78 Å². The summed E-state index contributed by atoms with van der Waals surface area (Å²) >= 11 is 6.02. The topological polar surface area (TPSA) is 77.6 Å². The number of hydrogen-bond acceptors (Lipinski definition) is 5. The Bertz CT molecular complexity index is 1040. The van der Waals surface area contributed by atoms with E-state index < -0.39 is 5.97 Å². The number of carbonyl (C=O) groups excluding carboxylic acids is 2. The SMILES string of the molecule is CC(=O)Oc1c(C(=O)c2ccc3c(c2)OCCO3)[nH]c2cc(Cl)ccc12. The van der Waals surface area contributed by atoms with Gasteiger partial charge in [-0.15, -0.1) is 0 Å². The second kappa shape index (κ2) is 6.38. The van der Waals surface area contributed by atoms with Crippen molar-refractivity contribution in [3.63, 3.8) is 0 Å². The number of ketones is 1. The third kappa shape index (κ3) is 2.88. The Morgan fingerprint density at radius 2 is 1.85 bits per heavy atom. The van der Waals surface area contributed by atoms with E-state index in [1.807, 2.05) is 0 Å². The molecule has 132 valence electrons. The van der Waals surface area contributed by atoms with E-state index in [-0.39, 0.29) is 17.2 Å². The van der Waals surface area contributed by atoms with Gasteiger partial charge < -0.3 is 19.2 Å². The number of aromatic nitrogens is 1. The molecule has 3 aromatic rings. The smallest absolute Gasteiger partial charge is 0.308 e. The summed E-state index contributed by atoms with van der Waals surface area (Å²) in [5.41, 5.74) is 1.17. The van der Waals surface area contributed by atoms with Crippen LogP contribution in [0.1, 0.15) is 23.0 Å². The first-order chi connectivity index (χ1) is 12.5. The van der Waals surface area contributed by atoms with E-state index in [0.29, 0.717) is 46.2 Å². The van der Waals surface area contributed by atoms with E-state index in [0.717, 1.165) is 0 Å². The minimum atomic E-state index is -0.517. The van der Waals surface area contributed by atoms with Gasteiger partial charge >= 0.3 is 5.97 Å². The average Bonchev–Trinajstić information content (AvgIpc) is 2.97. The van der Waals surface area contributed by atoms with Crippen molar-refractivity contribution >= 4 is 34.3 Å². The number of halogens is 1. The second-order valence-corrected chi connectivity index (χ2v) is 6.24. The number of aromatic amines is 1. The van der Waals surface area contributed by atoms with Crippen LogP contribution in [-0.4, -0.2) is 30.0 Å². The van der Waals surface area contributed by atoms with E-state index in [1.54, 1.807) is 36.4 Å². The Morgan fingerprint density at radius 3 is 2.62 bits per heavy atom. The third-order valence-electron chi connectivity index (χ3n) is 3.99. The second-order valence-electron chi connectivity index (χ2n) is 5.80. The van der Waals surface area contributed by atoms with Crippen molar-refractivity contribution in [1.82, 2.24) is 4.98 Å². The van der Waals surface area contributed by atoms with Crippen LogP contribution in [0.15, 0.2) is 36.4 Å². The Balaban J connectivity index is 1.82. The van der Waals surface area contributed by atoms with Gasteiger partial charge in [0.1, 0.15) is 18.9 Å². The lowest BCUT2D eigenvalue weighted by Gasteiger charge is -2.18. The number of hydrogen-bond donors (Lipinski definition) is 1. The minimum absolute atomic E-state index is 0.175. The Kier molecular flexibility index (Phi) is 4.05. The van der Waals surface area contributed by atoms with E-state index in [1.165, 1.54) is 6.92 Å². The van der Waals surface area contributed by atoms with E-state index >= 15 is 0 Å². The van der Waals surface area contributed by atoms with Crippen LogP contribution >= 0.6 is 11.6 Å². The summed E-state index contributed by atoms with van der Waals surface area (Å²) in [5, 5.41) is 1.11. The lowest BCUT2D eigenvalue weighted by atomic mass is 10.1. The van der Waals surface area contributed by atoms with Crippen molar-refractivity contribution in [2.24, 2.45) is 0 Å². The number of rotatable bonds is 3. The highest BCUT2D eigenvalue weighted by Gasteiger charge is 2.23. The molecule has 0 atom stereocenters. The molecule has 0 radical (unpaired) electrons. The van der Waals surface area contributed by atoms with Gasteiger partial charge in [0, 0.05) is 22.9 Å². The molecule has 1 aromatic heterocycles. The maximum atomic E-state index is 13.0. The number of fused-ring (bicyclic) bond motifs is 2. The van der Waals surface area contributed by atoms with Crippen molar-refractivity contribution < 1.29 is 23.8 Å². The Hall–Kier alpha value is -2.99. The number of H-pyrrole nitrogens is 1. The van der Waals surface area contributed by atoms with Gasteiger partial charge in [-0.3, -0.25) is 9.59 Å². The van der Waals surface area contributed by atoms with Crippen LogP contribution in [0.4, 0.5) is 0 Å². The molecule has 0 aliphatic carbocycles. The van der Waals surface area contributed by atoms with Crippen LogP contribution in [0, 0.1) is 0 Å². The number of benzene rings is 2. The predicted octanol–water partition coefficient (Wildman–Crippen LogP) is 3.75. The lowest BCUT2D eigenvalue weighted by molar-refractivity contribution is -0.131. The van der Waals surface area contributed by atoms with Crippen LogP contribution in [0.5, 0.6) is 17.2 Å². The molecule has 26 heavy (non-hydrogen) atoms. The van der Waals surface area contributed by atoms with Crippen molar-refractivity contribution in [3.8, 4) is 17.2 Å². The van der Waals surface area contributed by atoms with E-state index in [2.05, 4.69) is 4.98 Å². The van der Waals surface area contributed by atoms with Gasteiger partial charge in [0.25, 0.3) is 0 Å². The molecule has 0 bridgehead atoms. The standard InChI is InChI=1S/C19H14ClNO5/c1-10(22)26-19-13-4-3-12(20)9-14(13)21-17(19)18(23)11-2-5-15-16(8-11)25-7-6-24-15/h2-5,8-9,21H,6-7H2,1H3. The molecule has 0 saturated carbocycles. The van der Waals surface area contributed by atoms with Gasteiger partial charge in [-0.1, -0.05) is 11.6 Å². The summed E-state index contributed by atoms with van der Waals surface area (Å²) in [7, 11) is 0. The largest absolute Gasteiger partial charge is 0.486 e. The van der Waals surface area contributed by atoms with Crippen LogP contribution in [0.3, 0.4) is 0 Å². The quantitative estimate of drug-likeness (QED) is 0.560. The van der Waals surface area contributed by atoms with Gasteiger partial charge in [-0.2, -0.15) is 0 Å². The van der Waals surface area contributed by atoms with E-state index in [9.17, 15) is 9.59 Å². The van der Waals surface area contributed by atoms with Gasteiger partial charge in [-0.05, 0) is 36.4 Å². The molecular formula is C19H14ClNO5. The summed E-state index contributed by atoms with van der Waals surface area (Å²) in [5.74, 6) is 0.443. The molecule has 0 amide bonds. The summed E-state index contributed by atoms with van der Waals surface area (Å²) in [6, 6.07) is 9.99. The molecule has 0 saturated heterocycles. The van der Waals surface area contributed by atoms with Crippen LogP contribution in [-0.2, 0) is 4.79 Å². The fourth-order valence-corrected chi connectivity index (χ4v) is 3.05. The van der Waals surface area contributed by atoms with Gasteiger partial charge in [-0.25, -0.2) is 0 Å². The van der Waals surface area contributed by atoms with Crippen LogP contribution in [0.25, 0.3) is 10.9 Å². The number of carbonyl (C=O) groups is 2. The third-order valence-corrected chi connectivity index (χ3v) is 4.23. The molecule has 6 nitrogen and oxygen atoms in total. The number of nitrogens with one attached hydrogen (secondary N) is 1. The summed E-state index contributed by atoms with van der Waals surface area (Å²) in [6.07, 6.45) is 0. The van der Waals surface area contributed by atoms with E-state index in [4.69, 9.17) is 25.8 Å². The first kappa shape index (κ1) is 16.5. The first-order valence-corrected chi connectivity index (χ1v) is 8.35.